The zero-order chi connectivity index (χ0) is 15.7. The van der Waals surface area contributed by atoms with Crippen LogP contribution in [0.4, 0.5) is 5.69 Å². The van der Waals surface area contributed by atoms with Crippen molar-refractivity contribution in [1.82, 2.24) is 4.57 Å². The summed E-state index contributed by atoms with van der Waals surface area (Å²) in [6.07, 6.45) is 1.39. The van der Waals surface area contributed by atoms with Crippen LogP contribution in [0.25, 0.3) is 5.69 Å². The lowest BCUT2D eigenvalue weighted by molar-refractivity contribution is 0.0593. The number of methoxy groups -OCH3 is 1. The van der Waals surface area contributed by atoms with Gasteiger partial charge in [-0.15, -0.1) is 0 Å². The maximum Gasteiger partial charge on any atom is 0.357 e. The van der Waals surface area contributed by atoms with E-state index in [0.717, 1.165) is 0 Å². The highest BCUT2D eigenvalue weighted by Crippen LogP contribution is 2.37. The van der Waals surface area contributed by atoms with Crippen molar-refractivity contribution in [3.63, 3.8) is 0 Å². The lowest BCUT2D eigenvalue weighted by Crippen LogP contribution is -2.11. The molecule has 0 amide bonds. The normalized spacial score (nSPS) is 10.2. The Morgan fingerprint density at radius 1 is 1.57 bits per heavy atom. The van der Waals surface area contributed by atoms with Crippen LogP contribution in [0.2, 0.25) is 0 Å². The fourth-order valence-corrected chi connectivity index (χ4v) is 2.80. The lowest BCUT2D eigenvalue weighted by Gasteiger charge is -2.13. The minimum absolute atomic E-state index is 0.00736. The van der Waals surface area contributed by atoms with Gasteiger partial charge in [-0.3, -0.25) is 0 Å². The van der Waals surface area contributed by atoms with E-state index in [2.05, 4.69) is 15.9 Å². The van der Waals surface area contributed by atoms with Crippen LogP contribution in [0.3, 0.4) is 0 Å². The molecule has 1 aromatic heterocycles. The van der Waals surface area contributed by atoms with Crippen molar-refractivity contribution in [3.8, 4) is 17.5 Å². The summed E-state index contributed by atoms with van der Waals surface area (Å²) in [5, 5.41) is 19.3. The van der Waals surface area contributed by atoms with E-state index in [1.54, 1.807) is 12.1 Å². The quantitative estimate of drug-likeness (QED) is 0.529. The maximum atomic E-state index is 11.9. The monoisotopic (exact) mass is 461 g/mol. The first-order valence-electron chi connectivity index (χ1n) is 5.59. The average molecular weight is 462 g/mol. The number of hydrogen-bond acceptors (Lipinski definition) is 5. The molecule has 6 nitrogen and oxygen atoms in total. The first kappa shape index (κ1) is 15.7. The summed E-state index contributed by atoms with van der Waals surface area (Å²) in [6.45, 7) is 0. The van der Waals surface area contributed by atoms with Gasteiger partial charge >= 0.3 is 5.97 Å². The van der Waals surface area contributed by atoms with Crippen LogP contribution < -0.4 is 5.73 Å². The Morgan fingerprint density at radius 3 is 2.81 bits per heavy atom. The van der Waals surface area contributed by atoms with Gasteiger partial charge in [0.25, 0.3) is 0 Å². The molecule has 0 atom stereocenters. The summed E-state index contributed by atoms with van der Waals surface area (Å²) >= 11 is 5.28. The van der Waals surface area contributed by atoms with Crippen LogP contribution in [0, 0.1) is 14.9 Å². The number of nitriles is 1. The smallest absolute Gasteiger partial charge is 0.357 e. The second-order valence-electron chi connectivity index (χ2n) is 4.00. The summed E-state index contributed by atoms with van der Waals surface area (Å²) < 4.78 is 7.18. The molecule has 0 unspecified atom stereocenters. The third-order valence-corrected chi connectivity index (χ3v) is 4.35. The van der Waals surface area contributed by atoms with E-state index in [9.17, 15) is 9.90 Å². The molecule has 108 valence electrons. The van der Waals surface area contributed by atoms with Crippen LogP contribution in [0.5, 0.6) is 5.75 Å². The van der Waals surface area contributed by atoms with E-state index in [0.29, 0.717) is 13.7 Å². The summed E-state index contributed by atoms with van der Waals surface area (Å²) in [5.41, 5.74) is 6.27. The number of esters is 1. The molecule has 0 radical (unpaired) electrons. The molecule has 0 fully saturated rings. The molecule has 8 heteroatoms. The minimum atomic E-state index is -0.695. The van der Waals surface area contributed by atoms with Gasteiger partial charge in [-0.1, -0.05) is 0 Å². The number of phenolic OH excluding ortho intramolecular Hbond substituents is 1. The van der Waals surface area contributed by atoms with E-state index >= 15 is 0 Å². The molecule has 0 aliphatic heterocycles. The van der Waals surface area contributed by atoms with E-state index in [1.165, 1.54) is 17.9 Å². The highest BCUT2D eigenvalue weighted by Gasteiger charge is 2.24. The Labute approximate surface area is 142 Å². The molecule has 0 aliphatic rings. The summed E-state index contributed by atoms with van der Waals surface area (Å²) in [4.78, 5) is 11.9. The number of ether oxygens (including phenoxy) is 1. The molecule has 3 N–H and O–H groups in total. The highest BCUT2D eigenvalue weighted by molar-refractivity contribution is 14.1. The molecule has 21 heavy (non-hydrogen) atoms. The van der Waals surface area contributed by atoms with Crippen molar-refractivity contribution < 1.29 is 14.6 Å². The number of carbonyl (C=O) groups is 1. The summed E-state index contributed by atoms with van der Waals surface area (Å²) in [6, 6.07) is 5.34. The molecule has 0 saturated heterocycles. The topological polar surface area (TPSA) is 101 Å². The molecule has 0 aliphatic carbocycles. The van der Waals surface area contributed by atoms with E-state index in [1.807, 2.05) is 28.7 Å². The van der Waals surface area contributed by atoms with Gasteiger partial charge in [0.1, 0.15) is 11.8 Å². The van der Waals surface area contributed by atoms with E-state index in [4.69, 9.17) is 15.7 Å². The fraction of sp³-hybridized carbons (Fsp3) is 0.0769. The summed E-state index contributed by atoms with van der Waals surface area (Å²) in [7, 11) is 1.22. The molecular weight excluding hydrogens is 453 g/mol. The Morgan fingerprint density at radius 2 is 2.24 bits per heavy atom. The number of hydrogen-bond donors (Lipinski definition) is 2. The maximum absolute atomic E-state index is 11.9. The van der Waals surface area contributed by atoms with Crippen molar-refractivity contribution >= 4 is 50.2 Å². The van der Waals surface area contributed by atoms with Crippen molar-refractivity contribution in [2.75, 3.05) is 12.8 Å². The number of carbonyl (C=O) groups excluding carboxylic acids is 1. The van der Waals surface area contributed by atoms with Crippen molar-refractivity contribution in [2.45, 2.75) is 0 Å². The summed E-state index contributed by atoms with van der Waals surface area (Å²) in [5.74, 6) is -0.728. The zero-order valence-electron chi connectivity index (χ0n) is 10.7. The molecule has 1 aromatic carbocycles. The first-order chi connectivity index (χ1) is 9.92. The van der Waals surface area contributed by atoms with Gasteiger partial charge in [0.2, 0.25) is 0 Å². The van der Waals surface area contributed by atoms with Crippen molar-refractivity contribution in [3.05, 3.63) is 37.6 Å². The van der Waals surface area contributed by atoms with Gasteiger partial charge in [-0.25, -0.2) is 4.79 Å². The van der Waals surface area contributed by atoms with Gasteiger partial charge < -0.3 is 20.1 Å². The number of nitrogens with zero attached hydrogens (tertiary/aromatic N) is 2. The van der Waals surface area contributed by atoms with Crippen LogP contribution in [0.15, 0.2) is 22.8 Å². The predicted molar refractivity (Wildman–Crippen MR) is 88.3 cm³/mol. The number of benzene rings is 1. The molecule has 0 spiro atoms. The largest absolute Gasteiger partial charge is 0.505 e. The Kier molecular flexibility index (Phi) is 4.43. The number of halogens is 2. The SMILES string of the molecule is COC(=O)c1c(N)c(C#N)cn1-c1c(Br)ccc(I)c1O. The number of nitrogens with two attached hydrogens (primary N) is 1. The van der Waals surface area contributed by atoms with Crippen LogP contribution in [0.1, 0.15) is 16.1 Å². The number of nitrogen functional groups attached to an aromatic ring is 1. The Hall–Kier alpha value is -1.73. The second kappa shape index (κ2) is 5.95. The third kappa shape index (κ3) is 2.58. The molecule has 2 aromatic rings. The van der Waals surface area contributed by atoms with Gasteiger partial charge in [0.15, 0.2) is 11.4 Å². The fourth-order valence-electron chi connectivity index (χ4n) is 1.85. The number of aromatic hydroxyl groups is 1. The molecule has 0 saturated carbocycles. The molecule has 1 heterocycles. The third-order valence-electron chi connectivity index (χ3n) is 2.84. The molecular formula is C13H9BrIN3O3. The number of aromatic nitrogens is 1. The molecule has 2 rings (SSSR count). The van der Waals surface area contributed by atoms with E-state index < -0.39 is 5.97 Å². The van der Waals surface area contributed by atoms with Crippen LogP contribution >= 0.6 is 38.5 Å². The Balaban J connectivity index is 2.85. The highest BCUT2D eigenvalue weighted by atomic mass is 127. The van der Waals surface area contributed by atoms with Crippen molar-refractivity contribution in [2.24, 2.45) is 0 Å². The second-order valence-corrected chi connectivity index (χ2v) is 6.02. The Bertz CT molecular complexity index is 780. The molecule has 0 bridgehead atoms. The zero-order valence-corrected chi connectivity index (χ0v) is 14.5. The average Bonchev–Trinajstić information content (AvgIpc) is 2.79. The van der Waals surface area contributed by atoms with Crippen LogP contribution in [-0.4, -0.2) is 22.8 Å². The number of phenols is 1. The van der Waals surface area contributed by atoms with Crippen LogP contribution in [-0.2, 0) is 4.74 Å². The number of anilines is 1. The number of rotatable bonds is 2. The van der Waals surface area contributed by atoms with Gasteiger partial charge in [-0.05, 0) is 50.7 Å². The lowest BCUT2D eigenvalue weighted by atomic mass is 10.2. The van der Waals surface area contributed by atoms with Gasteiger partial charge in [0.05, 0.1) is 21.9 Å². The minimum Gasteiger partial charge on any atom is -0.505 e. The van der Waals surface area contributed by atoms with Gasteiger partial charge in [-0.2, -0.15) is 5.26 Å². The standard InChI is InChI=1S/C13H9BrIN3O3/c1-21-13(20)11-9(17)6(4-16)5-18(11)10-7(14)2-3-8(15)12(10)19/h2-3,5,19H,17H2,1H3. The van der Waals surface area contributed by atoms with Crippen molar-refractivity contribution in [1.29, 1.82) is 5.26 Å². The predicted octanol–water partition coefficient (Wildman–Crippen LogP) is 2.79. The van der Waals surface area contributed by atoms with E-state index in [-0.39, 0.29) is 22.7 Å². The van der Waals surface area contributed by atoms with Gasteiger partial charge in [0, 0.05) is 10.7 Å². The first-order valence-corrected chi connectivity index (χ1v) is 7.46.